The minimum Gasteiger partial charge on any atom is -0.267 e. The molecule has 1 amide bonds. The van der Waals surface area contributed by atoms with Crippen molar-refractivity contribution in [2.45, 2.75) is 13.3 Å². The largest absolute Gasteiger partial charge is 0.280 e. The normalized spacial score (nSPS) is 15.4. The first-order valence-electron chi connectivity index (χ1n) is 5.71. The average molecular weight is 258 g/mol. The van der Waals surface area contributed by atoms with Gasteiger partial charge in [0.15, 0.2) is 5.17 Å². The molecule has 0 atom stereocenters. The van der Waals surface area contributed by atoms with Gasteiger partial charge in [-0.05, 0) is 18.9 Å². The molecule has 0 saturated heterocycles. The van der Waals surface area contributed by atoms with Crippen LogP contribution in [-0.2, 0) is 11.2 Å². The van der Waals surface area contributed by atoms with E-state index in [9.17, 15) is 4.79 Å². The van der Waals surface area contributed by atoms with E-state index in [0.29, 0.717) is 16.5 Å². The molecule has 92 valence electrons. The van der Waals surface area contributed by atoms with Crippen molar-refractivity contribution in [3.63, 3.8) is 0 Å². The molecule has 18 heavy (non-hydrogen) atoms. The first-order valence-corrected chi connectivity index (χ1v) is 6.69. The molecule has 4 heteroatoms. The van der Waals surface area contributed by atoms with Gasteiger partial charge in [-0.3, -0.25) is 4.79 Å². The molecule has 0 aromatic heterocycles. The number of carbonyl (C=O) groups excluding carboxylic acids is 1. The summed E-state index contributed by atoms with van der Waals surface area (Å²) in [6.45, 7) is 5.43. The third-order valence-electron chi connectivity index (χ3n) is 2.62. The fraction of sp³-hybridized carbons (Fsp3) is 0.214. The Bertz CT molecular complexity index is 532. The van der Waals surface area contributed by atoms with Crippen LogP contribution in [0.2, 0.25) is 0 Å². The van der Waals surface area contributed by atoms with Gasteiger partial charge >= 0.3 is 0 Å². The topological polar surface area (TPSA) is 41.8 Å². The molecule has 0 unspecified atom stereocenters. The molecule has 0 spiro atoms. The van der Waals surface area contributed by atoms with Gasteiger partial charge in [0.2, 0.25) is 0 Å². The highest BCUT2D eigenvalue weighted by Crippen LogP contribution is 2.15. The molecule has 0 saturated carbocycles. The monoisotopic (exact) mass is 258 g/mol. The molecular weight excluding hydrogens is 244 g/mol. The lowest BCUT2D eigenvalue weighted by Crippen LogP contribution is -2.15. The predicted octanol–water partition coefficient (Wildman–Crippen LogP) is 2.88. The summed E-state index contributed by atoms with van der Waals surface area (Å²) < 4.78 is 0. The molecule has 0 radical (unpaired) electrons. The molecule has 0 fully saturated rings. The van der Waals surface area contributed by atoms with E-state index in [-0.39, 0.29) is 5.91 Å². The fourth-order valence-electron chi connectivity index (χ4n) is 1.51. The third kappa shape index (κ3) is 3.17. The van der Waals surface area contributed by atoms with Crippen molar-refractivity contribution in [2.75, 3.05) is 5.75 Å². The average Bonchev–Trinajstić information content (AvgIpc) is 2.37. The van der Waals surface area contributed by atoms with Crippen LogP contribution in [0, 0.1) is 0 Å². The Morgan fingerprint density at radius 2 is 1.94 bits per heavy atom. The maximum atomic E-state index is 11.5. The van der Waals surface area contributed by atoms with E-state index < -0.39 is 0 Å². The number of amides is 1. The van der Waals surface area contributed by atoms with Crippen LogP contribution in [0.3, 0.4) is 0 Å². The van der Waals surface area contributed by atoms with E-state index in [4.69, 9.17) is 0 Å². The van der Waals surface area contributed by atoms with Crippen molar-refractivity contribution in [1.29, 1.82) is 0 Å². The molecule has 1 aliphatic heterocycles. The summed E-state index contributed by atoms with van der Waals surface area (Å²) in [5, 5.41) is 0.542. The number of carbonyl (C=O) groups is 1. The van der Waals surface area contributed by atoms with E-state index in [0.717, 1.165) is 12.2 Å². The molecule has 1 aromatic rings. The van der Waals surface area contributed by atoms with Crippen LogP contribution >= 0.6 is 11.8 Å². The molecule has 0 aliphatic carbocycles. The Balaban J connectivity index is 1.90. The number of hydrogen-bond donors (Lipinski definition) is 0. The fourth-order valence-corrected chi connectivity index (χ4v) is 2.38. The van der Waals surface area contributed by atoms with E-state index in [1.807, 2.05) is 18.2 Å². The lowest BCUT2D eigenvalue weighted by atomic mass is 10.2. The van der Waals surface area contributed by atoms with Gasteiger partial charge in [0, 0.05) is 5.75 Å². The zero-order valence-electron chi connectivity index (χ0n) is 10.2. The lowest BCUT2D eigenvalue weighted by molar-refractivity contribution is -0.113. The standard InChI is InChI=1S/C14H14N2OS/c1-10-11(2)15-14(16-13(10)17)18-9-8-12-6-4-3-5-7-12/h3-7H,1,8-9H2,2H3. The highest BCUT2D eigenvalue weighted by molar-refractivity contribution is 8.13. The van der Waals surface area contributed by atoms with E-state index in [2.05, 4.69) is 28.7 Å². The van der Waals surface area contributed by atoms with Crippen LogP contribution in [0.5, 0.6) is 0 Å². The van der Waals surface area contributed by atoms with Gasteiger partial charge in [-0.1, -0.05) is 48.7 Å². The summed E-state index contributed by atoms with van der Waals surface area (Å²) in [7, 11) is 0. The Hall–Kier alpha value is -1.68. The Morgan fingerprint density at radius 1 is 1.22 bits per heavy atom. The summed E-state index contributed by atoms with van der Waals surface area (Å²) in [5.74, 6) is 0.587. The molecule has 0 N–H and O–H groups in total. The Morgan fingerprint density at radius 3 is 2.61 bits per heavy atom. The number of hydrogen-bond acceptors (Lipinski definition) is 3. The van der Waals surface area contributed by atoms with Gasteiger partial charge in [-0.15, -0.1) is 0 Å². The predicted molar refractivity (Wildman–Crippen MR) is 77.3 cm³/mol. The summed E-state index contributed by atoms with van der Waals surface area (Å²) >= 11 is 1.50. The first kappa shape index (κ1) is 12.8. The molecule has 1 aliphatic rings. The van der Waals surface area contributed by atoms with Gasteiger partial charge in [0.25, 0.3) is 5.91 Å². The van der Waals surface area contributed by atoms with Crippen molar-refractivity contribution in [3.05, 3.63) is 48.0 Å². The van der Waals surface area contributed by atoms with Crippen molar-refractivity contribution < 1.29 is 4.79 Å². The number of nitrogens with zero attached hydrogens (tertiary/aromatic N) is 2. The maximum absolute atomic E-state index is 11.5. The first-order chi connectivity index (χ1) is 8.66. The second-order valence-electron chi connectivity index (χ2n) is 3.96. The molecule has 0 bridgehead atoms. The highest BCUT2D eigenvalue weighted by atomic mass is 32.2. The Labute approximate surface area is 111 Å². The summed E-state index contributed by atoms with van der Waals surface area (Å²) in [6.07, 6.45) is 0.939. The second-order valence-corrected chi connectivity index (χ2v) is 5.02. The van der Waals surface area contributed by atoms with Gasteiger partial charge in [-0.25, -0.2) is 4.99 Å². The Kier molecular flexibility index (Phi) is 4.10. The summed E-state index contributed by atoms with van der Waals surface area (Å²) in [4.78, 5) is 19.6. The zero-order chi connectivity index (χ0) is 13.0. The van der Waals surface area contributed by atoms with Crippen LogP contribution in [0.15, 0.2) is 52.5 Å². The molecule has 1 aromatic carbocycles. The number of amidine groups is 1. The third-order valence-corrected chi connectivity index (χ3v) is 3.47. The zero-order valence-corrected chi connectivity index (χ0v) is 11.0. The van der Waals surface area contributed by atoms with Gasteiger partial charge in [0.1, 0.15) is 0 Å². The van der Waals surface area contributed by atoms with Crippen molar-refractivity contribution >= 4 is 28.5 Å². The van der Waals surface area contributed by atoms with Gasteiger partial charge < -0.3 is 0 Å². The van der Waals surface area contributed by atoms with E-state index in [1.54, 1.807) is 6.92 Å². The SMILES string of the molecule is C=C1C(=O)N=C(SCCc2ccccc2)N=C1C. The smallest absolute Gasteiger partial charge is 0.267 e. The van der Waals surface area contributed by atoms with Gasteiger partial charge in [-0.2, -0.15) is 4.99 Å². The molecule has 2 rings (SSSR count). The number of benzene rings is 1. The summed E-state index contributed by atoms with van der Waals surface area (Å²) in [5.41, 5.74) is 2.33. The van der Waals surface area contributed by atoms with Crippen molar-refractivity contribution in [3.8, 4) is 0 Å². The lowest BCUT2D eigenvalue weighted by Gasteiger charge is -2.09. The van der Waals surface area contributed by atoms with Gasteiger partial charge in [0.05, 0.1) is 11.3 Å². The van der Waals surface area contributed by atoms with Crippen LogP contribution < -0.4 is 0 Å². The van der Waals surface area contributed by atoms with Crippen molar-refractivity contribution in [1.82, 2.24) is 0 Å². The van der Waals surface area contributed by atoms with Crippen LogP contribution in [0.4, 0.5) is 0 Å². The van der Waals surface area contributed by atoms with Crippen molar-refractivity contribution in [2.24, 2.45) is 9.98 Å². The van der Waals surface area contributed by atoms with E-state index >= 15 is 0 Å². The van der Waals surface area contributed by atoms with Crippen LogP contribution in [0.1, 0.15) is 12.5 Å². The summed E-state index contributed by atoms with van der Waals surface area (Å²) in [6, 6.07) is 10.2. The van der Waals surface area contributed by atoms with Crippen LogP contribution in [0.25, 0.3) is 0 Å². The molecule has 1 heterocycles. The number of aliphatic imine (C=N–C) groups is 2. The molecular formula is C14H14N2OS. The van der Waals surface area contributed by atoms with Crippen LogP contribution in [-0.4, -0.2) is 22.5 Å². The minimum absolute atomic E-state index is 0.273. The minimum atomic E-state index is -0.273. The number of rotatable bonds is 3. The molecule has 3 nitrogen and oxygen atoms in total. The quantitative estimate of drug-likeness (QED) is 0.782. The van der Waals surface area contributed by atoms with E-state index in [1.165, 1.54) is 17.3 Å². The number of aryl methyl sites for hydroxylation is 1. The highest BCUT2D eigenvalue weighted by Gasteiger charge is 2.16. The number of thioether (sulfide) groups is 1. The second kappa shape index (κ2) is 5.78. The maximum Gasteiger partial charge on any atom is 0.280 e.